The van der Waals surface area contributed by atoms with Crippen molar-refractivity contribution in [1.29, 1.82) is 0 Å². The Bertz CT molecular complexity index is 408. The van der Waals surface area contributed by atoms with Crippen molar-refractivity contribution in [2.24, 2.45) is 0 Å². The van der Waals surface area contributed by atoms with Gasteiger partial charge >= 0.3 is 0 Å². The Kier molecular flexibility index (Phi) is 1.48. The van der Waals surface area contributed by atoms with Gasteiger partial charge in [-0.15, -0.1) is 5.10 Å². The molecule has 5 nitrogen and oxygen atoms in total. The van der Waals surface area contributed by atoms with Gasteiger partial charge in [0.25, 0.3) is 0 Å². The lowest BCUT2D eigenvalue weighted by Gasteiger charge is -1.95. The van der Waals surface area contributed by atoms with E-state index in [2.05, 4.69) is 20.7 Å². The first kappa shape index (κ1) is 6.78. The maximum Gasteiger partial charge on any atom is 0.211 e. The summed E-state index contributed by atoms with van der Waals surface area (Å²) in [5.41, 5.74) is 2.31. The van der Waals surface area contributed by atoms with Crippen LogP contribution in [0.3, 0.4) is 0 Å². The molecule has 0 spiro atoms. The van der Waals surface area contributed by atoms with Gasteiger partial charge in [-0.25, -0.2) is 0 Å². The van der Waals surface area contributed by atoms with E-state index in [4.69, 9.17) is 0 Å². The lowest BCUT2D eigenvalue weighted by Crippen LogP contribution is -1.92. The van der Waals surface area contributed by atoms with Crippen LogP contribution >= 0.6 is 0 Å². The molecule has 0 saturated carbocycles. The molecule has 0 aliphatic carbocycles. The summed E-state index contributed by atoms with van der Waals surface area (Å²) in [4.78, 5) is 10.1. The second-order valence-electron chi connectivity index (χ2n) is 2.31. The van der Waals surface area contributed by atoms with E-state index in [9.17, 15) is 4.79 Å². The molecule has 12 heavy (non-hydrogen) atoms. The molecular formula is C7H6N4O. The van der Waals surface area contributed by atoms with Crippen molar-refractivity contribution in [3.05, 3.63) is 18.2 Å². The van der Waals surface area contributed by atoms with Crippen LogP contribution in [0.25, 0.3) is 11.0 Å². The maximum atomic E-state index is 10.1. The molecule has 0 saturated heterocycles. The standard InChI is InChI=1S/C7H6N4O/c12-4-8-5-1-2-6-7(3-5)10-11-9-6/h1-4H,(H,8,12)(H,9,10,11). The minimum absolute atomic E-state index is 0.626. The third-order valence-corrected chi connectivity index (χ3v) is 1.55. The molecule has 0 fully saturated rings. The zero-order valence-corrected chi connectivity index (χ0v) is 6.11. The van der Waals surface area contributed by atoms with Gasteiger partial charge in [0.1, 0.15) is 5.52 Å². The molecule has 1 amide bonds. The average molecular weight is 162 g/mol. The van der Waals surface area contributed by atoms with Crippen molar-refractivity contribution >= 4 is 23.1 Å². The smallest absolute Gasteiger partial charge is 0.211 e. The largest absolute Gasteiger partial charge is 0.329 e. The highest BCUT2D eigenvalue weighted by Crippen LogP contribution is 2.13. The van der Waals surface area contributed by atoms with Crippen LogP contribution < -0.4 is 5.32 Å². The molecule has 60 valence electrons. The number of amides is 1. The summed E-state index contributed by atoms with van der Waals surface area (Å²) >= 11 is 0. The van der Waals surface area contributed by atoms with Gasteiger partial charge in [0.15, 0.2) is 0 Å². The molecule has 0 aliphatic rings. The van der Waals surface area contributed by atoms with Crippen molar-refractivity contribution in [3.63, 3.8) is 0 Å². The van der Waals surface area contributed by atoms with E-state index in [0.717, 1.165) is 11.0 Å². The number of hydrogen-bond donors (Lipinski definition) is 2. The predicted octanol–water partition coefficient (Wildman–Crippen LogP) is 0.526. The normalized spacial score (nSPS) is 10.0. The molecule has 0 bridgehead atoms. The number of anilines is 1. The van der Waals surface area contributed by atoms with Crippen LogP contribution in [0.5, 0.6) is 0 Å². The molecule has 5 heteroatoms. The second kappa shape index (κ2) is 2.61. The maximum absolute atomic E-state index is 10.1. The van der Waals surface area contributed by atoms with E-state index in [-0.39, 0.29) is 0 Å². The number of H-pyrrole nitrogens is 1. The fraction of sp³-hybridized carbons (Fsp3) is 0. The number of aromatic amines is 1. The van der Waals surface area contributed by atoms with E-state index in [0.29, 0.717) is 12.1 Å². The first-order valence-corrected chi connectivity index (χ1v) is 3.41. The minimum atomic E-state index is 0.626. The first-order chi connectivity index (χ1) is 5.90. The van der Waals surface area contributed by atoms with Crippen LogP contribution in [0, 0.1) is 0 Å². The lowest BCUT2D eigenvalue weighted by atomic mass is 10.3. The van der Waals surface area contributed by atoms with Gasteiger partial charge < -0.3 is 5.32 Å². The van der Waals surface area contributed by atoms with Crippen LogP contribution in [0.1, 0.15) is 0 Å². The Balaban J connectivity index is 2.52. The molecule has 2 aromatic rings. The van der Waals surface area contributed by atoms with Gasteiger partial charge in [0.05, 0.1) is 5.52 Å². The van der Waals surface area contributed by atoms with E-state index >= 15 is 0 Å². The number of nitrogens with one attached hydrogen (secondary N) is 2. The average Bonchev–Trinajstić information content (AvgIpc) is 2.51. The molecule has 1 heterocycles. The summed E-state index contributed by atoms with van der Waals surface area (Å²) in [5.74, 6) is 0. The van der Waals surface area contributed by atoms with Gasteiger partial charge in [-0.2, -0.15) is 0 Å². The molecule has 0 unspecified atom stereocenters. The summed E-state index contributed by atoms with van der Waals surface area (Å²) in [6.07, 6.45) is 0.626. The Morgan fingerprint density at radius 1 is 1.50 bits per heavy atom. The first-order valence-electron chi connectivity index (χ1n) is 3.41. The summed E-state index contributed by atoms with van der Waals surface area (Å²) in [5, 5.41) is 12.7. The van der Waals surface area contributed by atoms with Crippen LogP contribution in [0.15, 0.2) is 18.2 Å². The fourth-order valence-corrected chi connectivity index (χ4v) is 0.999. The predicted molar refractivity (Wildman–Crippen MR) is 43.6 cm³/mol. The van der Waals surface area contributed by atoms with Gasteiger partial charge in [0.2, 0.25) is 6.41 Å². The van der Waals surface area contributed by atoms with E-state index < -0.39 is 0 Å². The van der Waals surface area contributed by atoms with Gasteiger partial charge in [-0.1, -0.05) is 5.21 Å². The summed E-state index contributed by atoms with van der Waals surface area (Å²) < 4.78 is 0. The molecule has 2 N–H and O–H groups in total. The van der Waals surface area contributed by atoms with Crippen molar-refractivity contribution in [2.45, 2.75) is 0 Å². The van der Waals surface area contributed by atoms with Crippen molar-refractivity contribution in [1.82, 2.24) is 15.4 Å². The number of rotatable bonds is 2. The van der Waals surface area contributed by atoms with Crippen LogP contribution in [0.2, 0.25) is 0 Å². The number of nitrogens with zero attached hydrogens (tertiary/aromatic N) is 2. The van der Waals surface area contributed by atoms with Crippen LogP contribution in [-0.4, -0.2) is 21.8 Å². The van der Waals surface area contributed by atoms with Crippen molar-refractivity contribution in [2.75, 3.05) is 5.32 Å². The third-order valence-electron chi connectivity index (χ3n) is 1.55. The summed E-state index contributed by atoms with van der Waals surface area (Å²) in [6.45, 7) is 0. The number of fused-ring (bicyclic) bond motifs is 1. The Labute approximate surface area is 67.8 Å². The quantitative estimate of drug-likeness (QED) is 0.632. The SMILES string of the molecule is O=CNc1ccc2[nH]nnc2c1. The third kappa shape index (κ3) is 1.01. The number of aromatic nitrogens is 3. The summed E-state index contributed by atoms with van der Waals surface area (Å²) in [6, 6.07) is 5.32. The number of carbonyl (C=O) groups is 1. The Morgan fingerprint density at radius 2 is 2.42 bits per heavy atom. The number of hydrogen-bond acceptors (Lipinski definition) is 3. The van der Waals surface area contributed by atoms with E-state index in [1.165, 1.54) is 0 Å². The van der Waals surface area contributed by atoms with Gasteiger partial charge in [-0.05, 0) is 18.2 Å². The fourth-order valence-electron chi connectivity index (χ4n) is 0.999. The molecular weight excluding hydrogens is 156 g/mol. The highest BCUT2D eigenvalue weighted by Gasteiger charge is 1.97. The Hall–Kier alpha value is -1.91. The Morgan fingerprint density at radius 3 is 3.25 bits per heavy atom. The summed E-state index contributed by atoms with van der Waals surface area (Å²) in [7, 11) is 0. The van der Waals surface area contributed by atoms with Gasteiger partial charge in [0, 0.05) is 5.69 Å². The molecule has 0 aliphatic heterocycles. The highest BCUT2D eigenvalue weighted by atomic mass is 16.1. The number of carbonyl (C=O) groups excluding carboxylic acids is 1. The van der Waals surface area contributed by atoms with Crippen LogP contribution in [0.4, 0.5) is 5.69 Å². The monoisotopic (exact) mass is 162 g/mol. The highest BCUT2D eigenvalue weighted by molar-refractivity contribution is 5.82. The zero-order chi connectivity index (χ0) is 8.39. The minimum Gasteiger partial charge on any atom is -0.329 e. The van der Waals surface area contributed by atoms with E-state index in [1.807, 2.05) is 0 Å². The molecule has 1 aromatic carbocycles. The lowest BCUT2D eigenvalue weighted by molar-refractivity contribution is -0.105. The van der Waals surface area contributed by atoms with Crippen LogP contribution in [-0.2, 0) is 4.79 Å². The molecule has 1 aromatic heterocycles. The molecule has 0 atom stereocenters. The van der Waals surface area contributed by atoms with E-state index in [1.54, 1.807) is 18.2 Å². The zero-order valence-electron chi connectivity index (χ0n) is 6.11. The second-order valence-corrected chi connectivity index (χ2v) is 2.31. The van der Waals surface area contributed by atoms with Gasteiger partial charge in [-0.3, -0.25) is 9.89 Å². The van der Waals surface area contributed by atoms with Crippen molar-refractivity contribution < 1.29 is 4.79 Å². The van der Waals surface area contributed by atoms with Crippen molar-refractivity contribution in [3.8, 4) is 0 Å². The molecule has 0 radical (unpaired) electrons. The number of benzene rings is 1. The topological polar surface area (TPSA) is 70.7 Å². The molecule has 2 rings (SSSR count).